The fourth-order valence-electron chi connectivity index (χ4n) is 3.74. The summed E-state index contributed by atoms with van der Waals surface area (Å²) < 4.78 is 19.3. The van der Waals surface area contributed by atoms with Crippen LogP contribution in [0, 0.1) is 5.82 Å². The van der Waals surface area contributed by atoms with Crippen LogP contribution in [0.5, 0.6) is 0 Å². The standard InChI is InChI=1S/C24H27FN4O2/c1-16(2)17-5-7-18(8-6-17)24-27-23(31-28-24)10-9-22(30)26-20-13-19(25)14-21(15-20)29-11-3-4-12-29/h5-8,13-16H,3-4,9-12H2,1-2H3,(H,26,30). The van der Waals surface area contributed by atoms with Crippen molar-refractivity contribution in [2.24, 2.45) is 0 Å². The molecule has 7 heteroatoms. The molecule has 1 aliphatic rings. The van der Waals surface area contributed by atoms with Crippen molar-refractivity contribution >= 4 is 17.3 Å². The predicted octanol–water partition coefficient (Wildman–Crippen LogP) is 5.17. The van der Waals surface area contributed by atoms with E-state index in [9.17, 15) is 9.18 Å². The second kappa shape index (κ2) is 9.29. The molecule has 0 saturated carbocycles. The number of nitrogens with zero attached hydrogens (tertiary/aromatic N) is 3. The Hall–Kier alpha value is -3.22. The van der Waals surface area contributed by atoms with Gasteiger partial charge in [-0.05, 0) is 42.5 Å². The van der Waals surface area contributed by atoms with Gasteiger partial charge in [0.1, 0.15) is 5.82 Å². The molecule has 2 aromatic carbocycles. The van der Waals surface area contributed by atoms with Crippen molar-refractivity contribution < 1.29 is 13.7 Å². The van der Waals surface area contributed by atoms with E-state index in [4.69, 9.17) is 4.52 Å². The number of hydrogen-bond donors (Lipinski definition) is 1. The highest BCUT2D eigenvalue weighted by atomic mass is 19.1. The first-order valence-electron chi connectivity index (χ1n) is 10.8. The first kappa shape index (κ1) is 21.0. The van der Waals surface area contributed by atoms with E-state index in [1.54, 1.807) is 0 Å². The van der Waals surface area contributed by atoms with Crippen LogP contribution in [-0.4, -0.2) is 29.1 Å². The van der Waals surface area contributed by atoms with Gasteiger partial charge in [-0.25, -0.2) is 4.39 Å². The summed E-state index contributed by atoms with van der Waals surface area (Å²) in [6, 6.07) is 12.7. The topological polar surface area (TPSA) is 71.3 Å². The molecule has 1 N–H and O–H groups in total. The fraction of sp³-hybridized carbons (Fsp3) is 0.375. The lowest BCUT2D eigenvalue weighted by Gasteiger charge is -2.18. The summed E-state index contributed by atoms with van der Waals surface area (Å²) in [5.74, 6) is 0.780. The van der Waals surface area contributed by atoms with Crippen LogP contribution < -0.4 is 10.2 Å². The largest absolute Gasteiger partial charge is 0.371 e. The van der Waals surface area contributed by atoms with Crippen molar-refractivity contribution in [3.05, 3.63) is 59.7 Å². The number of amides is 1. The fourth-order valence-corrected chi connectivity index (χ4v) is 3.74. The van der Waals surface area contributed by atoms with Gasteiger partial charge in [0, 0.05) is 42.9 Å². The molecular weight excluding hydrogens is 395 g/mol. The zero-order valence-corrected chi connectivity index (χ0v) is 17.9. The average molecular weight is 423 g/mol. The van der Waals surface area contributed by atoms with Gasteiger partial charge in [0.2, 0.25) is 17.6 Å². The van der Waals surface area contributed by atoms with E-state index in [0.29, 0.717) is 29.7 Å². The van der Waals surface area contributed by atoms with Crippen LogP contribution in [0.1, 0.15) is 50.5 Å². The summed E-state index contributed by atoms with van der Waals surface area (Å²) in [5.41, 5.74) is 3.38. The van der Waals surface area contributed by atoms with E-state index in [1.807, 2.05) is 18.2 Å². The lowest BCUT2D eigenvalue weighted by atomic mass is 10.0. The molecule has 3 aromatic rings. The van der Waals surface area contributed by atoms with Crippen LogP contribution in [0.3, 0.4) is 0 Å². The van der Waals surface area contributed by atoms with Crippen LogP contribution >= 0.6 is 0 Å². The Kier molecular flexibility index (Phi) is 6.30. The highest BCUT2D eigenvalue weighted by Gasteiger charge is 2.15. The molecule has 31 heavy (non-hydrogen) atoms. The molecule has 0 aliphatic carbocycles. The lowest BCUT2D eigenvalue weighted by molar-refractivity contribution is -0.116. The average Bonchev–Trinajstić information content (AvgIpc) is 3.44. The maximum Gasteiger partial charge on any atom is 0.227 e. The molecule has 1 aromatic heterocycles. The minimum absolute atomic E-state index is 0.170. The first-order valence-corrected chi connectivity index (χ1v) is 10.8. The smallest absolute Gasteiger partial charge is 0.227 e. The molecule has 6 nitrogen and oxygen atoms in total. The Balaban J connectivity index is 1.34. The summed E-state index contributed by atoms with van der Waals surface area (Å²) in [4.78, 5) is 18.9. The first-order chi connectivity index (χ1) is 15.0. The molecule has 0 unspecified atom stereocenters. The van der Waals surface area contributed by atoms with E-state index >= 15 is 0 Å². The number of hydrogen-bond acceptors (Lipinski definition) is 5. The van der Waals surface area contributed by atoms with Gasteiger partial charge < -0.3 is 14.7 Å². The number of rotatable bonds is 7. The molecule has 1 aliphatic heterocycles. The normalized spacial score (nSPS) is 13.7. The molecule has 1 amide bonds. The van der Waals surface area contributed by atoms with Gasteiger partial charge in [0.15, 0.2) is 0 Å². The zero-order valence-electron chi connectivity index (χ0n) is 17.9. The van der Waals surface area contributed by atoms with Gasteiger partial charge in [-0.1, -0.05) is 43.3 Å². The zero-order chi connectivity index (χ0) is 21.8. The van der Waals surface area contributed by atoms with Crippen molar-refractivity contribution in [3.63, 3.8) is 0 Å². The second-order valence-electron chi connectivity index (χ2n) is 8.23. The van der Waals surface area contributed by atoms with E-state index in [1.165, 1.54) is 17.7 Å². The Morgan fingerprint density at radius 3 is 2.61 bits per heavy atom. The number of aromatic nitrogens is 2. The van der Waals surface area contributed by atoms with Gasteiger partial charge in [-0.3, -0.25) is 4.79 Å². The molecule has 0 spiro atoms. The maximum atomic E-state index is 14.0. The third-order valence-corrected chi connectivity index (χ3v) is 5.51. The summed E-state index contributed by atoms with van der Waals surface area (Å²) >= 11 is 0. The Bertz CT molecular complexity index is 1040. The van der Waals surface area contributed by atoms with Crippen LogP contribution in [-0.2, 0) is 11.2 Å². The van der Waals surface area contributed by atoms with Crippen molar-refractivity contribution in [1.29, 1.82) is 0 Å². The predicted molar refractivity (Wildman–Crippen MR) is 119 cm³/mol. The van der Waals surface area contributed by atoms with Gasteiger partial charge in [-0.2, -0.15) is 4.98 Å². The molecule has 162 valence electrons. The number of nitrogens with one attached hydrogen (secondary N) is 1. The van der Waals surface area contributed by atoms with Crippen LogP contribution in [0.2, 0.25) is 0 Å². The van der Waals surface area contributed by atoms with E-state index in [-0.39, 0.29) is 18.1 Å². The summed E-state index contributed by atoms with van der Waals surface area (Å²) in [6.45, 7) is 6.11. The third-order valence-electron chi connectivity index (χ3n) is 5.51. The molecule has 0 radical (unpaired) electrons. The van der Waals surface area contributed by atoms with E-state index in [0.717, 1.165) is 37.2 Å². The van der Waals surface area contributed by atoms with Gasteiger partial charge in [0.05, 0.1) is 0 Å². The summed E-state index contributed by atoms with van der Waals surface area (Å²) in [5, 5.41) is 6.79. The summed E-state index contributed by atoms with van der Waals surface area (Å²) in [7, 11) is 0. The van der Waals surface area contributed by atoms with E-state index < -0.39 is 0 Å². The number of halogens is 1. The Morgan fingerprint density at radius 1 is 1.16 bits per heavy atom. The molecule has 1 fully saturated rings. The highest BCUT2D eigenvalue weighted by molar-refractivity contribution is 5.91. The maximum absolute atomic E-state index is 14.0. The molecule has 2 heterocycles. The van der Waals surface area contributed by atoms with Gasteiger partial charge in [-0.15, -0.1) is 0 Å². The molecule has 4 rings (SSSR count). The lowest BCUT2D eigenvalue weighted by Crippen LogP contribution is -2.18. The van der Waals surface area contributed by atoms with Crippen molar-refractivity contribution in [2.75, 3.05) is 23.3 Å². The number of anilines is 2. The van der Waals surface area contributed by atoms with Crippen LogP contribution in [0.4, 0.5) is 15.8 Å². The second-order valence-corrected chi connectivity index (χ2v) is 8.23. The molecule has 0 atom stereocenters. The number of carbonyl (C=O) groups excluding carboxylic acids is 1. The SMILES string of the molecule is CC(C)c1ccc(-c2noc(CCC(=O)Nc3cc(F)cc(N4CCCC4)c3)n2)cc1. The molecular formula is C24H27FN4O2. The molecule has 1 saturated heterocycles. The van der Waals surface area contributed by atoms with Crippen molar-refractivity contribution in [3.8, 4) is 11.4 Å². The van der Waals surface area contributed by atoms with Crippen molar-refractivity contribution in [2.45, 2.75) is 45.4 Å². The van der Waals surface area contributed by atoms with Crippen LogP contribution in [0.15, 0.2) is 47.0 Å². The third kappa shape index (κ3) is 5.29. The quantitative estimate of drug-likeness (QED) is 0.569. The Morgan fingerprint density at radius 2 is 1.90 bits per heavy atom. The van der Waals surface area contributed by atoms with Crippen molar-refractivity contribution in [1.82, 2.24) is 10.1 Å². The number of carbonyl (C=O) groups is 1. The van der Waals surface area contributed by atoms with Crippen LogP contribution in [0.25, 0.3) is 11.4 Å². The monoisotopic (exact) mass is 422 g/mol. The van der Waals surface area contributed by atoms with E-state index in [2.05, 4.69) is 46.3 Å². The minimum atomic E-state index is -0.357. The highest BCUT2D eigenvalue weighted by Crippen LogP contribution is 2.25. The van der Waals surface area contributed by atoms with Gasteiger partial charge in [0.25, 0.3) is 0 Å². The Labute approximate surface area is 181 Å². The number of benzene rings is 2. The van der Waals surface area contributed by atoms with Gasteiger partial charge >= 0.3 is 0 Å². The summed E-state index contributed by atoms with van der Waals surface area (Å²) in [6.07, 6.45) is 2.69. The molecule has 0 bridgehead atoms. The number of aryl methyl sites for hydroxylation is 1. The minimum Gasteiger partial charge on any atom is -0.371 e.